The Bertz CT molecular complexity index is 319. The number of benzene rings is 1. The number of carbonyl (C=O) groups excluding carboxylic acids is 1. The highest BCUT2D eigenvalue weighted by atomic mass is 79.9. The molecule has 0 aromatic heterocycles. The number of alkyl halides is 1. The maximum absolute atomic E-state index is 10.8. The van der Waals surface area contributed by atoms with Gasteiger partial charge in [0.2, 0.25) is 4.69 Å². The van der Waals surface area contributed by atoms with E-state index in [1.807, 2.05) is 12.1 Å². The minimum atomic E-state index is -0.439. The third-order valence-corrected chi connectivity index (χ3v) is 3.27. The van der Waals surface area contributed by atoms with Crippen molar-refractivity contribution < 1.29 is 4.79 Å². The van der Waals surface area contributed by atoms with Gasteiger partial charge in [-0.3, -0.25) is 4.79 Å². The van der Waals surface area contributed by atoms with E-state index in [2.05, 4.69) is 37.2 Å². The van der Waals surface area contributed by atoms with Gasteiger partial charge in [0.05, 0.1) is 0 Å². The standard InChI is InChI=1S/C8H6Br2ClNO/c9-7(8(10)13)12-6-3-1-2-5(11)4-6/h1-4,7,12H. The molecule has 0 bridgehead atoms. The van der Waals surface area contributed by atoms with Gasteiger partial charge in [-0.1, -0.05) is 33.6 Å². The lowest BCUT2D eigenvalue weighted by Crippen LogP contribution is -2.17. The van der Waals surface area contributed by atoms with Crippen molar-refractivity contribution in [2.75, 3.05) is 5.32 Å². The lowest BCUT2D eigenvalue weighted by Gasteiger charge is -2.09. The Morgan fingerprint density at radius 3 is 2.77 bits per heavy atom. The Hall–Kier alpha value is -0.0600. The summed E-state index contributed by atoms with van der Waals surface area (Å²) in [6.07, 6.45) is 0. The molecule has 0 saturated heterocycles. The predicted molar refractivity (Wildman–Crippen MR) is 61.7 cm³/mol. The van der Waals surface area contributed by atoms with Crippen LogP contribution in [0.1, 0.15) is 0 Å². The maximum Gasteiger partial charge on any atom is 0.230 e. The van der Waals surface area contributed by atoms with Crippen LogP contribution in [0.4, 0.5) is 5.69 Å². The van der Waals surface area contributed by atoms with E-state index in [1.54, 1.807) is 12.1 Å². The van der Waals surface area contributed by atoms with E-state index in [-0.39, 0.29) is 4.69 Å². The summed E-state index contributed by atoms with van der Waals surface area (Å²) in [7, 11) is 0. The summed E-state index contributed by atoms with van der Waals surface area (Å²) in [5, 5.41) is 3.55. The van der Waals surface area contributed by atoms with E-state index in [0.717, 1.165) is 5.69 Å². The molecular formula is C8H6Br2ClNO. The molecule has 1 N–H and O–H groups in total. The van der Waals surface area contributed by atoms with Crippen LogP contribution in [0.2, 0.25) is 5.02 Å². The monoisotopic (exact) mass is 325 g/mol. The van der Waals surface area contributed by atoms with Crippen molar-refractivity contribution in [1.29, 1.82) is 0 Å². The van der Waals surface area contributed by atoms with E-state index in [1.165, 1.54) is 0 Å². The summed E-state index contributed by atoms with van der Waals surface area (Å²) in [4.78, 5) is 10.4. The first-order valence-electron chi connectivity index (χ1n) is 3.45. The van der Waals surface area contributed by atoms with Gasteiger partial charge in [0, 0.05) is 10.7 Å². The second-order valence-corrected chi connectivity index (χ2v) is 4.46. The molecule has 2 nitrogen and oxygen atoms in total. The summed E-state index contributed by atoms with van der Waals surface area (Å²) >= 11 is 11.7. The first kappa shape index (κ1) is 11.0. The van der Waals surface area contributed by atoms with Crippen LogP contribution in [0.15, 0.2) is 24.3 Å². The molecular weight excluding hydrogens is 321 g/mol. The summed E-state index contributed by atoms with van der Waals surface area (Å²) < 4.78 is -0.160. The van der Waals surface area contributed by atoms with Gasteiger partial charge in [-0.25, -0.2) is 0 Å². The molecule has 0 aliphatic carbocycles. The quantitative estimate of drug-likeness (QED) is 0.524. The molecule has 0 fully saturated rings. The second kappa shape index (κ2) is 4.98. The van der Waals surface area contributed by atoms with Crippen LogP contribution < -0.4 is 5.32 Å². The Morgan fingerprint density at radius 2 is 2.23 bits per heavy atom. The number of hydrogen-bond acceptors (Lipinski definition) is 2. The van der Waals surface area contributed by atoms with Crippen molar-refractivity contribution >= 4 is 53.8 Å². The van der Waals surface area contributed by atoms with Gasteiger partial charge in [-0.15, -0.1) is 0 Å². The number of carbonyl (C=O) groups is 1. The molecule has 1 unspecified atom stereocenters. The molecule has 0 heterocycles. The molecule has 0 spiro atoms. The molecule has 13 heavy (non-hydrogen) atoms. The third kappa shape index (κ3) is 3.67. The van der Waals surface area contributed by atoms with Crippen molar-refractivity contribution in [3.63, 3.8) is 0 Å². The average molecular weight is 327 g/mol. The van der Waals surface area contributed by atoms with Gasteiger partial charge >= 0.3 is 0 Å². The summed E-state index contributed by atoms with van der Waals surface area (Å²) in [5.41, 5.74) is 0.794. The Labute approximate surface area is 97.9 Å². The number of halogens is 3. The summed E-state index contributed by atoms with van der Waals surface area (Å²) in [5.74, 6) is 0. The van der Waals surface area contributed by atoms with Gasteiger partial charge in [-0.2, -0.15) is 0 Å². The zero-order valence-electron chi connectivity index (χ0n) is 6.43. The predicted octanol–water partition coefficient (Wildman–Crippen LogP) is 3.39. The number of anilines is 1. The molecule has 5 heteroatoms. The van der Waals surface area contributed by atoms with Crippen LogP contribution >= 0.6 is 43.5 Å². The summed E-state index contributed by atoms with van der Waals surface area (Å²) in [6.45, 7) is 0. The molecule has 1 aromatic carbocycles. The minimum absolute atomic E-state index is 0.160. The fourth-order valence-electron chi connectivity index (χ4n) is 0.781. The molecule has 0 amide bonds. The van der Waals surface area contributed by atoms with Crippen LogP contribution in [-0.4, -0.2) is 9.64 Å². The van der Waals surface area contributed by atoms with Crippen molar-refractivity contribution in [1.82, 2.24) is 0 Å². The molecule has 1 rings (SSSR count). The largest absolute Gasteiger partial charge is 0.366 e. The Balaban J connectivity index is 2.69. The SMILES string of the molecule is O=C(Br)C(Br)Nc1cccc(Cl)c1. The molecule has 1 atom stereocenters. The first-order chi connectivity index (χ1) is 6.09. The molecule has 1 aromatic rings. The highest BCUT2D eigenvalue weighted by Crippen LogP contribution is 2.18. The number of nitrogens with one attached hydrogen (secondary N) is 1. The van der Waals surface area contributed by atoms with Gasteiger partial charge in [0.25, 0.3) is 0 Å². The first-order valence-corrected chi connectivity index (χ1v) is 5.54. The number of rotatable bonds is 3. The van der Waals surface area contributed by atoms with Crippen LogP contribution in [-0.2, 0) is 4.79 Å². The van der Waals surface area contributed by atoms with Crippen LogP contribution in [0, 0.1) is 0 Å². The van der Waals surface area contributed by atoms with E-state index in [0.29, 0.717) is 5.02 Å². The lowest BCUT2D eigenvalue weighted by atomic mass is 10.3. The van der Waals surface area contributed by atoms with Gasteiger partial charge < -0.3 is 5.32 Å². The average Bonchev–Trinajstić information content (AvgIpc) is 2.04. The maximum atomic E-state index is 10.8. The minimum Gasteiger partial charge on any atom is -0.366 e. The van der Waals surface area contributed by atoms with Crippen molar-refractivity contribution in [3.8, 4) is 0 Å². The Kier molecular flexibility index (Phi) is 4.22. The van der Waals surface area contributed by atoms with Gasteiger partial charge in [0.1, 0.15) is 0 Å². The van der Waals surface area contributed by atoms with E-state index >= 15 is 0 Å². The van der Waals surface area contributed by atoms with Gasteiger partial charge in [-0.05, 0) is 34.1 Å². The molecule has 0 aliphatic heterocycles. The second-order valence-electron chi connectivity index (χ2n) is 2.32. The van der Waals surface area contributed by atoms with Gasteiger partial charge in [0.15, 0.2) is 4.95 Å². The molecule has 70 valence electrons. The zero-order valence-corrected chi connectivity index (χ0v) is 10.4. The third-order valence-electron chi connectivity index (χ3n) is 1.32. The zero-order chi connectivity index (χ0) is 9.84. The summed E-state index contributed by atoms with van der Waals surface area (Å²) in [6, 6.07) is 7.15. The highest BCUT2D eigenvalue weighted by Gasteiger charge is 2.10. The fourth-order valence-corrected chi connectivity index (χ4v) is 1.35. The van der Waals surface area contributed by atoms with E-state index < -0.39 is 4.95 Å². The van der Waals surface area contributed by atoms with Crippen LogP contribution in [0.3, 0.4) is 0 Å². The molecule has 0 saturated carbocycles. The van der Waals surface area contributed by atoms with E-state index in [4.69, 9.17) is 11.6 Å². The van der Waals surface area contributed by atoms with Crippen molar-refractivity contribution in [3.05, 3.63) is 29.3 Å². The molecule has 0 aliphatic rings. The smallest absolute Gasteiger partial charge is 0.230 e. The lowest BCUT2D eigenvalue weighted by molar-refractivity contribution is -0.109. The van der Waals surface area contributed by atoms with Crippen molar-refractivity contribution in [2.24, 2.45) is 0 Å². The number of hydrogen-bond donors (Lipinski definition) is 1. The topological polar surface area (TPSA) is 29.1 Å². The normalized spacial score (nSPS) is 12.2. The Morgan fingerprint density at radius 1 is 1.54 bits per heavy atom. The molecule has 0 radical (unpaired) electrons. The van der Waals surface area contributed by atoms with Crippen LogP contribution in [0.25, 0.3) is 0 Å². The van der Waals surface area contributed by atoms with Crippen LogP contribution in [0.5, 0.6) is 0 Å². The highest BCUT2D eigenvalue weighted by molar-refractivity contribution is 9.20. The fraction of sp³-hybridized carbons (Fsp3) is 0.125. The van der Waals surface area contributed by atoms with E-state index in [9.17, 15) is 4.79 Å². The van der Waals surface area contributed by atoms with Crippen molar-refractivity contribution in [2.45, 2.75) is 4.95 Å².